The van der Waals surface area contributed by atoms with Gasteiger partial charge in [-0.3, -0.25) is 0 Å². The molecule has 0 aromatic carbocycles. The summed E-state index contributed by atoms with van der Waals surface area (Å²) in [5.41, 5.74) is 0.919. The summed E-state index contributed by atoms with van der Waals surface area (Å²) in [5, 5.41) is 4.17. The fraction of sp³-hybridized carbons (Fsp3) is 0.538. The molecule has 0 saturated carbocycles. The van der Waals surface area contributed by atoms with Crippen molar-refractivity contribution in [2.24, 2.45) is 0 Å². The minimum Gasteiger partial charge on any atom is -0.356 e. The van der Waals surface area contributed by atoms with Gasteiger partial charge in [0.1, 0.15) is 5.82 Å². The molecule has 0 aliphatic carbocycles. The molecule has 18 heavy (non-hydrogen) atoms. The first-order valence-corrected chi connectivity index (χ1v) is 6.46. The van der Waals surface area contributed by atoms with Gasteiger partial charge in [-0.1, -0.05) is 0 Å². The molecule has 5 nitrogen and oxygen atoms in total. The minimum absolute atomic E-state index is 0.708. The first-order valence-electron chi connectivity index (χ1n) is 6.46. The van der Waals surface area contributed by atoms with Crippen LogP contribution in [0.1, 0.15) is 12.8 Å². The van der Waals surface area contributed by atoms with Crippen molar-refractivity contribution in [3.8, 4) is 0 Å². The van der Waals surface area contributed by atoms with Crippen molar-refractivity contribution >= 4 is 11.5 Å². The van der Waals surface area contributed by atoms with Crippen LogP contribution in [0, 0.1) is 0 Å². The van der Waals surface area contributed by atoms with Crippen LogP contribution >= 0.6 is 0 Å². The molecule has 1 fully saturated rings. The first-order chi connectivity index (χ1) is 8.74. The second-order valence-corrected chi connectivity index (χ2v) is 5.10. The van der Waals surface area contributed by atoms with E-state index in [4.69, 9.17) is 0 Å². The Morgan fingerprint density at radius 1 is 1.22 bits per heavy atom. The number of nitrogens with zero attached hydrogens (tertiary/aromatic N) is 5. The van der Waals surface area contributed by atoms with Crippen molar-refractivity contribution in [3.63, 3.8) is 0 Å². The molecule has 0 bridgehead atoms. The summed E-state index contributed by atoms with van der Waals surface area (Å²) < 4.78 is 1.80. The lowest BCUT2D eigenvalue weighted by Gasteiger charge is -2.35. The molecule has 2 aromatic heterocycles. The third-order valence-corrected chi connectivity index (χ3v) is 3.76. The average molecular weight is 245 g/mol. The maximum absolute atomic E-state index is 4.64. The first kappa shape index (κ1) is 11.5. The Hall–Kier alpha value is -1.62. The number of aromatic nitrogens is 3. The third kappa shape index (κ3) is 2.06. The van der Waals surface area contributed by atoms with Crippen molar-refractivity contribution in [2.45, 2.75) is 18.9 Å². The van der Waals surface area contributed by atoms with Gasteiger partial charge in [-0.25, -0.2) is 9.50 Å². The van der Waals surface area contributed by atoms with E-state index < -0.39 is 0 Å². The van der Waals surface area contributed by atoms with Gasteiger partial charge in [0.25, 0.3) is 0 Å². The van der Waals surface area contributed by atoms with E-state index in [1.165, 1.54) is 12.8 Å². The Balaban J connectivity index is 1.75. The molecule has 1 aliphatic heterocycles. The normalized spacial score (nSPS) is 17.8. The van der Waals surface area contributed by atoms with Crippen LogP contribution in [-0.4, -0.2) is 52.7 Å². The van der Waals surface area contributed by atoms with Crippen LogP contribution in [0.4, 0.5) is 5.82 Å². The zero-order valence-corrected chi connectivity index (χ0v) is 11.0. The summed E-state index contributed by atoms with van der Waals surface area (Å²) in [6.07, 6.45) is 6.18. The van der Waals surface area contributed by atoms with Gasteiger partial charge in [-0.05, 0) is 33.0 Å². The number of hydrogen-bond donors (Lipinski definition) is 0. The van der Waals surface area contributed by atoms with Crippen molar-refractivity contribution in [1.82, 2.24) is 19.5 Å². The number of rotatable bonds is 2. The lowest BCUT2D eigenvalue weighted by molar-refractivity contribution is 0.249. The Morgan fingerprint density at radius 2 is 2.00 bits per heavy atom. The van der Waals surface area contributed by atoms with E-state index in [9.17, 15) is 0 Å². The summed E-state index contributed by atoms with van der Waals surface area (Å²) in [6.45, 7) is 2.17. The van der Waals surface area contributed by atoms with Gasteiger partial charge in [0.15, 0.2) is 5.65 Å². The molecule has 5 heteroatoms. The number of hydrogen-bond acceptors (Lipinski definition) is 4. The molecule has 1 saturated heterocycles. The Bertz CT molecular complexity index is 525. The standard InChI is InChI=1S/C13H19N5/c1-16(2)11-4-8-17(9-5-11)12-6-10-18-13(15-12)3-7-14-18/h3,6-7,10-11H,4-5,8-9H2,1-2H3. The molecule has 0 N–H and O–H groups in total. The van der Waals surface area contributed by atoms with Gasteiger partial charge in [-0.15, -0.1) is 0 Å². The van der Waals surface area contributed by atoms with Gasteiger partial charge in [0.05, 0.1) is 6.20 Å². The Morgan fingerprint density at radius 3 is 2.72 bits per heavy atom. The Kier molecular flexibility index (Phi) is 2.91. The molecule has 0 unspecified atom stereocenters. The molecule has 3 rings (SSSR count). The van der Waals surface area contributed by atoms with Gasteiger partial charge >= 0.3 is 0 Å². The molecule has 3 heterocycles. The number of piperidine rings is 1. The molecule has 0 radical (unpaired) electrons. The second kappa shape index (κ2) is 4.57. The summed E-state index contributed by atoms with van der Waals surface area (Å²) >= 11 is 0. The van der Waals surface area contributed by atoms with Crippen LogP contribution in [0.25, 0.3) is 5.65 Å². The SMILES string of the molecule is CN(C)C1CCN(c2ccn3nccc3n2)CC1. The highest BCUT2D eigenvalue weighted by Gasteiger charge is 2.21. The molecular weight excluding hydrogens is 226 g/mol. The van der Waals surface area contributed by atoms with Gasteiger partial charge in [-0.2, -0.15) is 5.10 Å². The van der Waals surface area contributed by atoms with E-state index in [1.54, 1.807) is 10.7 Å². The number of anilines is 1. The molecular formula is C13H19N5. The quantitative estimate of drug-likeness (QED) is 0.798. The van der Waals surface area contributed by atoms with Crippen molar-refractivity contribution < 1.29 is 0 Å². The summed E-state index contributed by atoms with van der Waals surface area (Å²) in [6, 6.07) is 4.70. The Labute approximate surface area is 107 Å². The summed E-state index contributed by atoms with van der Waals surface area (Å²) in [4.78, 5) is 9.33. The fourth-order valence-corrected chi connectivity index (χ4v) is 2.59. The second-order valence-electron chi connectivity index (χ2n) is 5.10. The van der Waals surface area contributed by atoms with Crippen molar-refractivity contribution in [1.29, 1.82) is 0 Å². The average Bonchev–Trinajstić information content (AvgIpc) is 2.86. The zero-order chi connectivity index (χ0) is 12.5. The van der Waals surface area contributed by atoms with Gasteiger partial charge in [0.2, 0.25) is 0 Å². The van der Waals surface area contributed by atoms with Crippen LogP contribution in [-0.2, 0) is 0 Å². The highest BCUT2D eigenvalue weighted by Crippen LogP contribution is 2.20. The molecule has 0 spiro atoms. The van der Waals surface area contributed by atoms with E-state index in [0.717, 1.165) is 24.6 Å². The van der Waals surface area contributed by atoms with Gasteiger partial charge in [0, 0.05) is 31.4 Å². The minimum atomic E-state index is 0.708. The van der Waals surface area contributed by atoms with Crippen LogP contribution in [0.5, 0.6) is 0 Å². The van der Waals surface area contributed by atoms with Crippen molar-refractivity contribution in [2.75, 3.05) is 32.1 Å². The molecule has 1 aliphatic rings. The lowest BCUT2D eigenvalue weighted by Crippen LogP contribution is -2.42. The van der Waals surface area contributed by atoms with Crippen LogP contribution in [0.15, 0.2) is 24.5 Å². The maximum atomic E-state index is 4.64. The predicted molar refractivity (Wildman–Crippen MR) is 71.9 cm³/mol. The predicted octanol–water partition coefficient (Wildman–Crippen LogP) is 1.26. The van der Waals surface area contributed by atoms with E-state index >= 15 is 0 Å². The zero-order valence-electron chi connectivity index (χ0n) is 11.0. The van der Waals surface area contributed by atoms with Crippen LogP contribution < -0.4 is 4.90 Å². The molecule has 96 valence electrons. The maximum Gasteiger partial charge on any atom is 0.157 e. The molecule has 0 amide bonds. The number of fused-ring (bicyclic) bond motifs is 1. The topological polar surface area (TPSA) is 36.7 Å². The largest absolute Gasteiger partial charge is 0.356 e. The fourth-order valence-electron chi connectivity index (χ4n) is 2.59. The van der Waals surface area contributed by atoms with Gasteiger partial charge < -0.3 is 9.80 Å². The smallest absolute Gasteiger partial charge is 0.157 e. The highest BCUT2D eigenvalue weighted by molar-refractivity contribution is 5.47. The summed E-state index contributed by atoms with van der Waals surface area (Å²) in [7, 11) is 4.33. The molecule has 2 aromatic rings. The highest BCUT2D eigenvalue weighted by atomic mass is 15.3. The van der Waals surface area contributed by atoms with Crippen molar-refractivity contribution in [3.05, 3.63) is 24.5 Å². The van der Waals surface area contributed by atoms with E-state index in [0.29, 0.717) is 6.04 Å². The monoisotopic (exact) mass is 245 g/mol. The van der Waals surface area contributed by atoms with Crippen LogP contribution in [0.3, 0.4) is 0 Å². The van der Waals surface area contributed by atoms with E-state index in [1.807, 2.05) is 12.3 Å². The summed E-state index contributed by atoms with van der Waals surface area (Å²) in [5.74, 6) is 1.07. The van der Waals surface area contributed by atoms with E-state index in [2.05, 4.69) is 40.0 Å². The lowest BCUT2D eigenvalue weighted by atomic mass is 10.0. The van der Waals surface area contributed by atoms with E-state index in [-0.39, 0.29) is 0 Å². The third-order valence-electron chi connectivity index (χ3n) is 3.76. The van der Waals surface area contributed by atoms with Crippen LogP contribution in [0.2, 0.25) is 0 Å². The molecule has 0 atom stereocenters.